The van der Waals surface area contributed by atoms with Gasteiger partial charge >= 0.3 is 6.09 Å². The van der Waals surface area contributed by atoms with Gasteiger partial charge in [0.15, 0.2) is 0 Å². The minimum Gasteiger partial charge on any atom is -0.444 e. The first-order valence-electron chi connectivity index (χ1n) is 8.21. The lowest BCUT2D eigenvalue weighted by Crippen LogP contribution is -2.49. The molecule has 1 aliphatic carbocycles. The molecule has 0 atom stereocenters. The number of nitrogens with one attached hydrogen (secondary N) is 1. The number of piperidine rings is 1. The van der Waals surface area contributed by atoms with Crippen molar-refractivity contribution in [2.24, 2.45) is 0 Å². The van der Waals surface area contributed by atoms with Gasteiger partial charge in [-0.25, -0.2) is 4.79 Å². The third kappa shape index (κ3) is 5.15. The molecule has 5 heteroatoms. The van der Waals surface area contributed by atoms with Crippen molar-refractivity contribution in [3.63, 3.8) is 0 Å². The zero-order valence-electron chi connectivity index (χ0n) is 13.7. The number of carbonyl (C=O) groups excluding carboxylic acids is 1. The first kappa shape index (κ1) is 16.6. The number of carbonyl (C=O) groups is 1. The summed E-state index contributed by atoms with van der Waals surface area (Å²) in [4.78, 5) is 13.8. The van der Waals surface area contributed by atoms with Crippen molar-refractivity contribution < 1.29 is 14.6 Å². The average Bonchev–Trinajstić information content (AvgIpc) is 2.82. The van der Waals surface area contributed by atoms with E-state index in [0.717, 1.165) is 51.6 Å². The molecule has 0 aromatic heterocycles. The molecule has 0 unspecified atom stereocenters. The molecule has 1 saturated heterocycles. The van der Waals surface area contributed by atoms with E-state index < -0.39 is 11.2 Å². The predicted octanol–water partition coefficient (Wildman–Crippen LogP) is 2.28. The van der Waals surface area contributed by atoms with E-state index in [1.165, 1.54) is 0 Å². The Hall–Kier alpha value is -0.810. The standard InChI is InChI=1S/C16H30N2O3/c1-15(2,3)21-14(19)18-10-6-13(7-11-18)17-12-16(20)8-4-5-9-16/h13,17,20H,4-12H2,1-3H3. The van der Waals surface area contributed by atoms with Crippen LogP contribution in [0.1, 0.15) is 59.3 Å². The molecule has 0 bridgehead atoms. The van der Waals surface area contributed by atoms with Crippen LogP contribution in [0.25, 0.3) is 0 Å². The Labute approximate surface area is 128 Å². The molecule has 2 rings (SSSR count). The zero-order valence-corrected chi connectivity index (χ0v) is 13.7. The third-order valence-electron chi connectivity index (χ3n) is 4.40. The van der Waals surface area contributed by atoms with Crippen LogP contribution in [0.4, 0.5) is 4.79 Å². The molecule has 0 spiro atoms. The van der Waals surface area contributed by atoms with Crippen LogP contribution in [0.5, 0.6) is 0 Å². The maximum atomic E-state index is 12.0. The molecule has 5 nitrogen and oxygen atoms in total. The van der Waals surface area contributed by atoms with Gasteiger partial charge in [0.05, 0.1) is 5.60 Å². The number of likely N-dealkylation sites (tertiary alicyclic amines) is 1. The van der Waals surface area contributed by atoms with Crippen molar-refractivity contribution in [1.82, 2.24) is 10.2 Å². The number of nitrogens with zero attached hydrogens (tertiary/aromatic N) is 1. The Morgan fingerprint density at radius 1 is 1.29 bits per heavy atom. The van der Waals surface area contributed by atoms with Gasteiger partial charge in [-0.15, -0.1) is 0 Å². The van der Waals surface area contributed by atoms with E-state index in [2.05, 4.69) is 5.32 Å². The topological polar surface area (TPSA) is 61.8 Å². The van der Waals surface area contributed by atoms with Crippen molar-refractivity contribution in [1.29, 1.82) is 0 Å². The van der Waals surface area contributed by atoms with Crippen molar-refractivity contribution in [3.05, 3.63) is 0 Å². The molecule has 2 aliphatic rings. The summed E-state index contributed by atoms with van der Waals surface area (Å²) in [7, 11) is 0. The van der Waals surface area contributed by atoms with E-state index in [9.17, 15) is 9.90 Å². The summed E-state index contributed by atoms with van der Waals surface area (Å²) in [6.07, 6.45) is 5.73. The van der Waals surface area contributed by atoms with Crippen molar-refractivity contribution in [3.8, 4) is 0 Å². The van der Waals surface area contributed by atoms with E-state index in [1.54, 1.807) is 4.90 Å². The molecule has 21 heavy (non-hydrogen) atoms. The fourth-order valence-corrected chi connectivity index (χ4v) is 3.14. The molecule has 122 valence electrons. The Kier molecular flexibility index (Phi) is 5.15. The Bertz CT molecular complexity index is 351. The highest BCUT2D eigenvalue weighted by Crippen LogP contribution is 2.29. The van der Waals surface area contributed by atoms with Crippen LogP contribution in [0.15, 0.2) is 0 Å². The van der Waals surface area contributed by atoms with Crippen molar-refractivity contribution in [2.75, 3.05) is 19.6 Å². The normalized spacial score (nSPS) is 23.3. The van der Waals surface area contributed by atoms with Gasteiger partial charge in [0.25, 0.3) is 0 Å². The maximum Gasteiger partial charge on any atom is 0.410 e. The first-order chi connectivity index (χ1) is 9.77. The zero-order chi connectivity index (χ0) is 15.5. The average molecular weight is 298 g/mol. The molecule has 1 aliphatic heterocycles. The van der Waals surface area contributed by atoms with E-state index in [0.29, 0.717) is 12.6 Å². The van der Waals surface area contributed by atoms with Gasteiger partial charge < -0.3 is 20.1 Å². The predicted molar refractivity (Wildman–Crippen MR) is 82.2 cm³/mol. The molecule has 0 radical (unpaired) electrons. The van der Waals surface area contributed by atoms with Gasteiger partial charge in [0.2, 0.25) is 0 Å². The largest absolute Gasteiger partial charge is 0.444 e. The minimum absolute atomic E-state index is 0.213. The van der Waals surface area contributed by atoms with Crippen LogP contribution in [0.3, 0.4) is 0 Å². The fourth-order valence-electron chi connectivity index (χ4n) is 3.14. The Morgan fingerprint density at radius 2 is 1.86 bits per heavy atom. The van der Waals surface area contributed by atoms with Gasteiger partial charge in [-0.2, -0.15) is 0 Å². The summed E-state index contributed by atoms with van der Waals surface area (Å²) in [5.41, 5.74) is -0.930. The van der Waals surface area contributed by atoms with E-state index in [1.807, 2.05) is 20.8 Å². The quantitative estimate of drug-likeness (QED) is 0.839. The SMILES string of the molecule is CC(C)(C)OC(=O)N1CCC(NCC2(O)CCCC2)CC1. The fraction of sp³-hybridized carbons (Fsp3) is 0.938. The highest BCUT2D eigenvalue weighted by atomic mass is 16.6. The van der Waals surface area contributed by atoms with Gasteiger partial charge in [-0.05, 0) is 46.5 Å². The first-order valence-corrected chi connectivity index (χ1v) is 8.21. The molecule has 1 amide bonds. The van der Waals surface area contributed by atoms with E-state index in [-0.39, 0.29) is 6.09 Å². The highest BCUT2D eigenvalue weighted by Gasteiger charge is 2.32. The number of ether oxygens (including phenoxy) is 1. The van der Waals surface area contributed by atoms with E-state index in [4.69, 9.17) is 4.74 Å². The minimum atomic E-state index is -0.498. The second kappa shape index (κ2) is 6.53. The number of rotatable bonds is 3. The molecule has 1 saturated carbocycles. The van der Waals surface area contributed by atoms with Gasteiger partial charge in [0.1, 0.15) is 5.60 Å². The van der Waals surface area contributed by atoms with Crippen LogP contribution in [-0.4, -0.2) is 53.0 Å². The van der Waals surface area contributed by atoms with Gasteiger partial charge in [-0.3, -0.25) is 0 Å². The van der Waals surface area contributed by atoms with Gasteiger partial charge in [-0.1, -0.05) is 12.8 Å². The Morgan fingerprint density at radius 3 is 2.38 bits per heavy atom. The molecule has 0 aromatic carbocycles. The second-order valence-electron chi connectivity index (χ2n) is 7.55. The lowest BCUT2D eigenvalue weighted by atomic mass is 10.00. The number of aliphatic hydroxyl groups is 1. The number of hydrogen-bond acceptors (Lipinski definition) is 4. The maximum absolute atomic E-state index is 12.0. The van der Waals surface area contributed by atoms with Crippen LogP contribution in [-0.2, 0) is 4.74 Å². The third-order valence-corrected chi connectivity index (χ3v) is 4.40. The van der Waals surface area contributed by atoms with Crippen LogP contribution in [0, 0.1) is 0 Å². The molecular formula is C16H30N2O3. The van der Waals surface area contributed by atoms with Crippen LogP contribution >= 0.6 is 0 Å². The molecule has 0 aromatic rings. The Balaban J connectivity index is 1.69. The van der Waals surface area contributed by atoms with Gasteiger partial charge in [0, 0.05) is 25.7 Å². The lowest BCUT2D eigenvalue weighted by Gasteiger charge is -2.35. The highest BCUT2D eigenvalue weighted by molar-refractivity contribution is 5.68. The molecule has 2 fully saturated rings. The molecule has 2 N–H and O–H groups in total. The van der Waals surface area contributed by atoms with Crippen molar-refractivity contribution >= 4 is 6.09 Å². The summed E-state index contributed by atoms with van der Waals surface area (Å²) < 4.78 is 5.40. The summed E-state index contributed by atoms with van der Waals surface area (Å²) in [5.74, 6) is 0. The number of amides is 1. The summed E-state index contributed by atoms with van der Waals surface area (Å²) in [6, 6.07) is 0.397. The number of hydrogen-bond donors (Lipinski definition) is 2. The monoisotopic (exact) mass is 298 g/mol. The summed E-state index contributed by atoms with van der Waals surface area (Å²) in [6.45, 7) is 7.81. The molecule has 1 heterocycles. The molecular weight excluding hydrogens is 268 g/mol. The summed E-state index contributed by atoms with van der Waals surface area (Å²) in [5, 5.41) is 13.8. The summed E-state index contributed by atoms with van der Waals surface area (Å²) >= 11 is 0. The van der Waals surface area contributed by atoms with E-state index >= 15 is 0 Å². The van der Waals surface area contributed by atoms with Crippen LogP contribution < -0.4 is 5.32 Å². The second-order valence-corrected chi connectivity index (χ2v) is 7.55. The smallest absolute Gasteiger partial charge is 0.410 e. The lowest BCUT2D eigenvalue weighted by molar-refractivity contribution is 0.0168. The van der Waals surface area contributed by atoms with Crippen LogP contribution in [0.2, 0.25) is 0 Å². The van der Waals surface area contributed by atoms with Crippen molar-refractivity contribution in [2.45, 2.75) is 76.5 Å².